The van der Waals surface area contributed by atoms with Gasteiger partial charge in [0.2, 0.25) is 0 Å². The van der Waals surface area contributed by atoms with Gasteiger partial charge < -0.3 is 14.0 Å². The molecule has 1 aliphatic heterocycles. The zero-order chi connectivity index (χ0) is 18.4. The molecule has 1 fully saturated rings. The van der Waals surface area contributed by atoms with E-state index in [-0.39, 0.29) is 11.9 Å². The Bertz CT molecular complexity index is 600. The first-order chi connectivity index (χ1) is 11.8. The number of ether oxygens (including phenoxy) is 2. The lowest BCUT2D eigenvalue weighted by molar-refractivity contribution is 0.141. The largest absolute Gasteiger partial charge is 0.591 e. The first-order valence-electron chi connectivity index (χ1n) is 8.41. The molecule has 0 saturated carbocycles. The number of benzene rings is 1. The minimum absolute atomic E-state index is 0.0633. The van der Waals surface area contributed by atoms with Crippen LogP contribution in [0, 0.1) is 5.82 Å². The Kier molecular flexibility index (Phi) is 7.55. The van der Waals surface area contributed by atoms with Gasteiger partial charge in [0.15, 0.2) is 0 Å². The third-order valence-electron chi connectivity index (χ3n) is 3.70. The van der Waals surface area contributed by atoms with E-state index in [0.29, 0.717) is 49.0 Å². The second-order valence-corrected chi connectivity index (χ2v) is 9.22. The molecule has 0 N–H and O–H groups in total. The molecule has 7 heteroatoms. The summed E-state index contributed by atoms with van der Waals surface area (Å²) < 4.78 is 41.6. The molecule has 4 nitrogen and oxygen atoms in total. The van der Waals surface area contributed by atoms with Gasteiger partial charge in [0.25, 0.3) is 0 Å². The predicted molar refractivity (Wildman–Crippen MR) is 101 cm³/mol. The molecular weight excluding hydrogens is 365 g/mol. The molecular formula is C18H25ClFNO3S. The average molecular weight is 390 g/mol. The van der Waals surface area contributed by atoms with E-state index in [2.05, 4.69) is 4.40 Å². The van der Waals surface area contributed by atoms with Crippen molar-refractivity contribution in [3.63, 3.8) is 0 Å². The van der Waals surface area contributed by atoms with Crippen LogP contribution in [0.25, 0.3) is 0 Å². The third-order valence-corrected chi connectivity index (χ3v) is 5.40. The van der Waals surface area contributed by atoms with E-state index >= 15 is 0 Å². The van der Waals surface area contributed by atoms with Crippen molar-refractivity contribution in [1.82, 2.24) is 0 Å². The Morgan fingerprint density at radius 2 is 2.24 bits per heavy atom. The van der Waals surface area contributed by atoms with E-state index in [1.165, 1.54) is 12.1 Å². The number of hydrogen-bond donors (Lipinski definition) is 0. The van der Waals surface area contributed by atoms with Crippen LogP contribution in [0.15, 0.2) is 22.6 Å². The molecule has 1 saturated heterocycles. The van der Waals surface area contributed by atoms with Gasteiger partial charge >= 0.3 is 0 Å². The molecule has 0 radical (unpaired) electrons. The Morgan fingerprint density at radius 3 is 2.84 bits per heavy atom. The van der Waals surface area contributed by atoms with E-state index in [1.54, 1.807) is 6.07 Å². The lowest BCUT2D eigenvalue weighted by Gasteiger charge is -2.21. The summed E-state index contributed by atoms with van der Waals surface area (Å²) in [5.41, 5.74) is 1.09. The molecule has 0 spiro atoms. The molecule has 2 atom stereocenters. The minimum Gasteiger partial charge on any atom is -0.591 e. The summed E-state index contributed by atoms with van der Waals surface area (Å²) in [6.07, 6.45) is 1.89. The third kappa shape index (κ3) is 6.13. The quantitative estimate of drug-likeness (QED) is 0.397. The highest BCUT2D eigenvalue weighted by molar-refractivity contribution is 7.91. The van der Waals surface area contributed by atoms with Crippen molar-refractivity contribution in [3.05, 3.63) is 29.6 Å². The molecule has 1 aromatic carbocycles. The number of rotatable bonds is 7. The van der Waals surface area contributed by atoms with Crippen molar-refractivity contribution in [2.75, 3.05) is 19.1 Å². The van der Waals surface area contributed by atoms with E-state index < -0.39 is 16.1 Å². The minimum atomic E-state index is -1.45. The molecule has 0 amide bonds. The van der Waals surface area contributed by atoms with Crippen LogP contribution in [0.4, 0.5) is 4.39 Å². The maximum atomic E-state index is 13.9. The van der Waals surface area contributed by atoms with Crippen molar-refractivity contribution in [2.45, 2.75) is 50.9 Å². The summed E-state index contributed by atoms with van der Waals surface area (Å²) in [5, 5.41) is 0. The van der Waals surface area contributed by atoms with Crippen LogP contribution in [-0.4, -0.2) is 40.2 Å². The fourth-order valence-electron chi connectivity index (χ4n) is 2.32. The van der Waals surface area contributed by atoms with E-state index in [0.717, 1.165) is 6.42 Å². The topological polar surface area (TPSA) is 53.9 Å². The average Bonchev–Trinajstić information content (AvgIpc) is 3.05. The van der Waals surface area contributed by atoms with Crippen LogP contribution >= 0.6 is 11.6 Å². The molecule has 0 aliphatic carbocycles. The standard InChI is InChI=1S/C18H25ClFNO3S/c1-18(2,3)25(22)21-16(5-4-9-19)15-11-13(20)6-7-17(15)24-14-8-10-23-12-14/h6-7,11,14H,4-5,8-10,12H2,1-3H3. The maximum absolute atomic E-state index is 13.9. The van der Waals surface area contributed by atoms with Crippen molar-refractivity contribution < 1.29 is 18.4 Å². The molecule has 0 bridgehead atoms. The second kappa shape index (κ2) is 9.21. The number of nitrogens with zero attached hydrogens (tertiary/aromatic N) is 1. The molecule has 1 heterocycles. The van der Waals surface area contributed by atoms with Crippen molar-refractivity contribution in [2.24, 2.45) is 4.40 Å². The summed E-state index contributed by atoms with van der Waals surface area (Å²) in [4.78, 5) is 0. The zero-order valence-electron chi connectivity index (χ0n) is 14.9. The molecule has 2 unspecified atom stereocenters. The first-order valence-corrected chi connectivity index (χ1v) is 10.0. The van der Waals surface area contributed by atoms with Crippen molar-refractivity contribution in [3.8, 4) is 5.75 Å². The summed E-state index contributed by atoms with van der Waals surface area (Å²) in [7, 11) is 0. The van der Waals surface area contributed by atoms with Crippen LogP contribution in [0.1, 0.15) is 45.6 Å². The van der Waals surface area contributed by atoms with Gasteiger partial charge in [0.05, 0.1) is 13.2 Å². The summed E-state index contributed by atoms with van der Waals surface area (Å²) >= 11 is 4.37. The Morgan fingerprint density at radius 1 is 1.48 bits per heavy atom. The van der Waals surface area contributed by atoms with E-state index in [9.17, 15) is 8.94 Å². The molecule has 0 aromatic heterocycles. The zero-order valence-corrected chi connectivity index (χ0v) is 16.5. The smallest absolute Gasteiger partial charge is 0.144 e. The van der Waals surface area contributed by atoms with Gasteiger partial charge in [0, 0.05) is 17.9 Å². The normalized spacial score (nSPS) is 19.9. The fraction of sp³-hybridized carbons (Fsp3) is 0.611. The van der Waals surface area contributed by atoms with Gasteiger partial charge in [-0.2, -0.15) is 0 Å². The predicted octanol–water partition coefficient (Wildman–Crippen LogP) is 4.26. The van der Waals surface area contributed by atoms with Crippen molar-refractivity contribution in [1.29, 1.82) is 0 Å². The lowest BCUT2D eigenvalue weighted by Crippen LogP contribution is -2.27. The summed E-state index contributed by atoms with van der Waals surface area (Å²) in [6, 6.07) is 4.34. The van der Waals surface area contributed by atoms with Gasteiger partial charge in [-0.1, -0.05) is 4.40 Å². The van der Waals surface area contributed by atoms with Crippen LogP contribution in [0.2, 0.25) is 0 Å². The van der Waals surface area contributed by atoms with Crippen LogP contribution in [0.3, 0.4) is 0 Å². The summed E-state index contributed by atoms with van der Waals surface area (Å²) in [6.45, 7) is 6.72. The highest BCUT2D eigenvalue weighted by Crippen LogP contribution is 2.27. The van der Waals surface area contributed by atoms with Gasteiger partial charge in [-0.25, -0.2) is 4.39 Å². The molecule has 25 heavy (non-hydrogen) atoms. The monoisotopic (exact) mass is 389 g/mol. The van der Waals surface area contributed by atoms with Crippen LogP contribution in [-0.2, 0) is 16.1 Å². The number of halogens is 2. The van der Waals surface area contributed by atoms with Crippen molar-refractivity contribution >= 4 is 28.7 Å². The van der Waals surface area contributed by atoms with Gasteiger partial charge in [-0.15, -0.1) is 11.6 Å². The van der Waals surface area contributed by atoms with Gasteiger partial charge in [-0.05, 0) is 51.8 Å². The first kappa shape index (κ1) is 20.5. The SMILES string of the molecule is CC(C)(C)[S+]([O-])N=C(CCCCl)c1cc(F)ccc1OC1CCOC1. The number of hydrogen-bond acceptors (Lipinski definition) is 4. The van der Waals surface area contributed by atoms with Crippen LogP contribution in [0.5, 0.6) is 5.75 Å². The Labute approximate surface area is 157 Å². The van der Waals surface area contributed by atoms with Gasteiger partial charge in [0.1, 0.15) is 39.5 Å². The Balaban J connectivity index is 2.36. The Hall–Kier alpha value is -0.820. The lowest BCUT2D eigenvalue weighted by atomic mass is 10.0. The maximum Gasteiger partial charge on any atom is 0.144 e. The highest BCUT2D eigenvalue weighted by Gasteiger charge is 2.28. The number of alkyl halides is 1. The molecule has 1 aromatic rings. The molecule has 1 aliphatic rings. The second-order valence-electron chi connectivity index (χ2n) is 6.94. The summed E-state index contributed by atoms with van der Waals surface area (Å²) in [5.74, 6) is 0.602. The molecule has 2 rings (SSSR count). The van der Waals surface area contributed by atoms with E-state index in [1.807, 2.05) is 20.8 Å². The highest BCUT2D eigenvalue weighted by atomic mass is 35.5. The van der Waals surface area contributed by atoms with E-state index in [4.69, 9.17) is 21.1 Å². The van der Waals surface area contributed by atoms with Crippen LogP contribution < -0.4 is 4.74 Å². The molecule has 140 valence electrons. The van der Waals surface area contributed by atoms with Gasteiger partial charge in [-0.3, -0.25) is 0 Å². The fourth-order valence-corrected chi connectivity index (χ4v) is 3.11.